The van der Waals surface area contributed by atoms with Gasteiger partial charge >= 0.3 is 67.7 Å². The van der Waals surface area contributed by atoms with E-state index in [2.05, 4.69) is 0 Å². The summed E-state index contributed by atoms with van der Waals surface area (Å²) >= 11 is 2.65. The van der Waals surface area contributed by atoms with Crippen molar-refractivity contribution in [3.8, 4) is 0 Å². The molecule has 0 aliphatic carbocycles. The first-order chi connectivity index (χ1) is 3.81. The van der Waals surface area contributed by atoms with Gasteiger partial charge in [0.1, 0.15) is 0 Å². The minimum absolute atomic E-state index is 1.08. The summed E-state index contributed by atoms with van der Waals surface area (Å²) in [6.45, 7) is 0. The van der Waals surface area contributed by atoms with E-state index in [1.165, 1.54) is 0 Å². The molecule has 4 heteroatoms. The minimum atomic E-state index is -1.32. The molecule has 0 aliphatic heterocycles. The molecular formula is C4H4Ge3O. The van der Waals surface area contributed by atoms with Gasteiger partial charge in [-0.25, -0.2) is 0 Å². The van der Waals surface area contributed by atoms with Crippen LogP contribution in [0, 0.1) is 0 Å². The summed E-state index contributed by atoms with van der Waals surface area (Å²) in [6, 6.07) is 0. The first-order valence-corrected chi connectivity index (χ1v) is 12.2. The van der Waals surface area contributed by atoms with E-state index in [0.29, 0.717) is 0 Å². The van der Waals surface area contributed by atoms with E-state index < -0.39 is 11.8 Å². The second-order valence-electron chi connectivity index (χ2n) is 1.10. The van der Waals surface area contributed by atoms with E-state index in [-0.39, 0.29) is 0 Å². The molecule has 0 fully saturated rings. The van der Waals surface area contributed by atoms with Crippen LogP contribution in [0.15, 0.2) is 11.0 Å². The Morgan fingerprint density at radius 2 is 2.12 bits per heavy atom. The molecule has 0 atom stereocenters. The monoisotopic (exact) mass is 290 g/mol. The van der Waals surface area contributed by atoms with Crippen molar-refractivity contribution in [3.05, 3.63) is 11.0 Å². The predicted molar refractivity (Wildman–Crippen MR) is 39.2 cm³/mol. The molecule has 0 unspecified atom stereocenters. The fraction of sp³-hybridized carbons (Fsp3) is 0. The second kappa shape index (κ2) is 6.04. The zero-order chi connectivity index (χ0) is 6.41. The molecule has 0 aromatic rings. The van der Waals surface area contributed by atoms with Gasteiger partial charge in [0.2, 0.25) is 0 Å². The maximum atomic E-state index is 10.0. The van der Waals surface area contributed by atoms with Gasteiger partial charge in [0, 0.05) is 0 Å². The Bertz CT molecular complexity index is 138. The summed E-state index contributed by atoms with van der Waals surface area (Å²) in [5, 5.41) is 1.08. The molecule has 0 aromatic carbocycles. The molecule has 0 amide bonds. The van der Waals surface area contributed by atoms with Crippen molar-refractivity contribution in [1.82, 2.24) is 0 Å². The van der Waals surface area contributed by atoms with Crippen LogP contribution in [0.3, 0.4) is 0 Å². The van der Waals surface area contributed by atoms with Crippen LogP contribution in [0.4, 0.5) is 0 Å². The van der Waals surface area contributed by atoms with Crippen LogP contribution in [0.1, 0.15) is 0 Å². The van der Waals surface area contributed by atoms with Crippen molar-refractivity contribution in [2.75, 3.05) is 0 Å². The molecule has 0 N–H and O–H groups in total. The van der Waals surface area contributed by atoms with Gasteiger partial charge in [-0.05, 0) is 0 Å². The molecule has 0 spiro atoms. The number of hydrogen-bond donors (Lipinski definition) is 0. The summed E-state index contributed by atoms with van der Waals surface area (Å²) in [5.74, 6) is 0. The molecule has 0 bridgehead atoms. The van der Waals surface area contributed by atoms with Crippen molar-refractivity contribution in [1.29, 1.82) is 0 Å². The normalized spacial score (nSPS) is 9.00. The Hall–Kier alpha value is 0.909. The third-order valence-corrected chi connectivity index (χ3v) is 5.69. The van der Waals surface area contributed by atoms with E-state index in [1.54, 1.807) is 0 Å². The molecule has 0 heterocycles. The predicted octanol–water partition coefficient (Wildman–Crippen LogP) is -1.02. The zero-order valence-electron chi connectivity index (χ0n) is 4.22. The van der Waals surface area contributed by atoms with E-state index >= 15 is 0 Å². The molecule has 4 radical (unpaired) electrons. The molecule has 0 aliphatic rings. The van der Waals surface area contributed by atoms with Crippen LogP contribution in [0.5, 0.6) is 0 Å². The Morgan fingerprint density at radius 1 is 1.50 bits per heavy atom. The maximum absolute atomic E-state index is 10.0. The van der Waals surface area contributed by atoms with Crippen molar-refractivity contribution >= 4 is 51.9 Å². The number of carbonyl (C=O) groups excluding carboxylic acids is 1. The van der Waals surface area contributed by atoms with E-state index in [4.69, 9.17) is 0 Å². The van der Waals surface area contributed by atoms with E-state index in [9.17, 15) is 4.79 Å². The SMILES string of the molecule is O=[CH][Ge](=[Ge])/[CH]=C\[CH]=[Ge]. The molecule has 0 rings (SSSR count). The number of allylic oxidation sites excluding steroid dienone is 1. The molecular weight excluding hydrogens is 282 g/mol. The van der Waals surface area contributed by atoms with Gasteiger partial charge in [-0.3, -0.25) is 0 Å². The Morgan fingerprint density at radius 3 is 2.50 bits per heavy atom. The van der Waals surface area contributed by atoms with Gasteiger partial charge in [-0.1, -0.05) is 0 Å². The van der Waals surface area contributed by atoms with Crippen LogP contribution in [0.2, 0.25) is 0 Å². The first-order valence-electron chi connectivity index (χ1n) is 2.02. The standard InChI is InChI=1S/C4H4Ge3O/c5-2-1-3-7(6)4-8/h1-4H/b3-1-. The Balaban J connectivity index is 3.69. The average molecular weight is 286 g/mol. The number of rotatable bonds is 3. The number of hydrogen-bond acceptors (Lipinski definition) is 1. The van der Waals surface area contributed by atoms with Gasteiger partial charge in [0.15, 0.2) is 0 Å². The van der Waals surface area contributed by atoms with E-state index in [1.807, 2.05) is 45.9 Å². The zero-order valence-corrected chi connectivity index (χ0v) is 10.5. The summed E-state index contributed by atoms with van der Waals surface area (Å²) < 4.78 is 0. The average Bonchev–Trinajstić information content (AvgIpc) is 1.83. The van der Waals surface area contributed by atoms with E-state index in [0.717, 1.165) is 5.12 Å². The van der Waals surface area contributed by atoms with Crippen LogP contribution < -0.4 is 0 Å². The third kappa shape index (κ3) is 5.05. The summed E-state index contributed by atoms with van der Waals surface area (Å²) in [5.41, 5.74) is 0. The second-order valence-corrected chi connectivity index (χ2v) is 11.2. The van der Waals surface area contributed by atoms with Gasteiger partial charge in [-0.15, -0.1) is 0 Å². The van der Waals surface area contributed by atoms with Crippen molar-refractivity contribution in [3.63, 3.8) is 0 Å². The summed E-state index contributed by atoms with van der Waals surface area (Å²) in [7, 11) is 0. The molecule has 1 nitrogen and oxygen atoms in total. The third-order valence-electron chi connectivity index (χ3n) is 0.499. The van der Waals surface area contributed by atoms with Crippen molar-refractivity contribution in [2.45, 2.75) is 0 Å². The van der Waals surface area contributed by atoms with Crippen molar-refractivity contribution < 1.29 is 4.79 Å². The Labute approximate surface area is 67.3 Å². The molecule has 0 saturated heterocycles. The van der Waals surface area contributed by atoms with Gasteiger partial charge in [0.05, 0.1) is 0 Å². The Kier molecular flexibility index (Phi) is 6.72. The fourth-order valence-electron chi connectivity index (χ4n) is 0.191. The molecule has 0 saturated carbocycles. The topological polar surface area (TPSA) is 17.1 Å². The van der Waals surface area contributed by atoms with Gasteiger partial charge in [0.25, 0.3) is 0 Å². The summed E-state index contributed by atoms with van der Waals surface area (Å²) in [6.07, 6.45) is 1.95. The van der Waals surface area contributed by atoms with Gasteiger partial charge in [-0.2, -0.15) is 0 Å². The molecule has 0 aromatic heterocycles. The fourth-order valence-corrected chi connectivity index (χ4v) is 3.09. The summed E-state index contributed by atoms with van der Waals surface area (Å²) in [4.78, 5) is 14.0. The van der Waals surface area contributed by atoms with Crippen LogP contribution in [0.25, 0.3) is 0 Å². The van der Waals surface area contributed by atoms with Crippen LogP contribution in [-0.4, -0.2) is 51.9 Å². The van der Waals surface area contributed by atoms with Crippen molar-refractivity contribution in [2.24, 2.45) is 0 Å². The first kappa shape index (κ1) is 8.91. The quantitative estimate of drug-likeness (QED) is 0.480. The molecule has 8 heavy (non-hydrogen) atoms. The van der Waals surface area contributed by atoms with Gasteiger partial charge < -0.3 is 0 Å². The van der Waals surface area contributed by atoms with Crippen LogP contribution >= 0.6 is 0 Å². The molecule has 38 valence electrons. The van der Waals surface area contributed by atoms with Crippen LogP contribution in [-0.2, 0) is 4.79 Å². The number of carbonyl (C=O) groups is 1.